The summed E-state index contributed by atoms with van der Waals surface area (Å²) in [6.07, 6.45) is 1.85. The van der Waals surface area contributed by atoms with E-state index in [9.17, 15) is 24.0 Å². The summed E-state index contributed by atoms with van der Waals surface area (Å²) in [5.74, 6) is -2.41. The predicted octanol–water partition coefficient (Wildman–Crippen LogP) is 4.58. The van der Waals surface area contributed by atoms with E-state index in [1.165, 1.54) is 23.9 Å². The van der Waals surface area contributed by atoms with E-state index >= 15 is 0 Å². The Kier molecular flexibility index (Phi) is 14.0. The number of rotatable bonds is 13. The summed E-state index contributed by atoms with van der Waals surface area (Å²) in [6.45, 7) is 9.95. The molecule has 11 heteroatoms. The maximum Gasteiger partial charge on any atom is 0.410 e. The van der Waals surface area contributed by atoms with Crippen LogP contribution in [0.3, 0.4) is 0 Å². The van der Waals surface area contributed by atoms with Crippen molar-refractivity contribution in [2.75, 3.05) is 27.2 Å². The topological polar surface area (TPSA) is 126 Å². The van der Waals surface area contributed by atoms with Crippen molar-refractivity contribution >= 4 is 29.8 Å². The second-order valence-electron chi connectivity index (χ2n) is 13.7. The Morgan fingerprint density at radius 2 is 1.40 bits per heavy atom. The van der Waals surface area contributed by atoms with E-state index in [1.807, 2.05) is 60.7 Å². The lowest BCUT2D eigenvalue weighted by Crippen LogP contribution is -2.60. The van der Waals surface area contributed by atoms with Gasteiger partial charge in [-0.25, -0.2) is 4.79 Å². The molecule has 3 rings (SSSR count). The van der Waals surface area contributed by atoms with Gasteiger partial charge in [0.15, 0.2) is 0 Å². The maximum absolute atomic E-state index is 14.2. The third-order valence-corrected chi connectivity index (χ3v) is 8.27. The number of carbonyl (C=O) groups is 5. The van der Waals surface area contributed by atoms with Gasteiger partial charge in [-0.15, -0.1) is 0 Å². The number of benzene rings is 2. The van der Waals surface area contributed by atoms with E-state index in [1.54, 1.807) is 39.5 Å². The highest BCUT2D eigenvalue weighted by molar-refractivity contribution is 5.95. The number of hydrogen-bond donors (Lipinski definition) is 1. The van der Waals surface area contributed by atoms with Crippen LogP contribution in [0.2, 0.25) is 0 Å². The van der Waals surface area contributed by atoms with Gasteiger partial charge >= 0.3 is 12.1 Å². The Morgan fingerprint density at radius 1 is 0.833 bits per heavy atom. The lowest BCUT2D eigenvalue weighted by molar-refractivity contribution is -0.150. The predicted molar refractivity (Wildman–Crippen MR) is 183 cm³/mol. The summed E-state index contributed by atoms with van der Waals surface area (Å²) in [7, 11) is 3.02. The molecule has 3 unspecified atom stereocenters. The average molecular weight is 665 g/mol. The van der Waals surface area contributed by atoms with Crippen LogP contribution in [0.25, 0.3) is 0 Å². The quantitative estimate of drug-likeness (QED) is 0.311. The minimum atomic E-state index is -1.17. The first-order valence-electron chi connectivity index (χ1n) is 16.7. The second kappa shape index (κ2) is 17.7. The van der Waals surface area contributed by atoms with Gasteiger partial charge in [0.2, 0.25) is 17.7 Å². The number of amides is 4. The lowest BCUT2D eigenvalue weighted by Gasteiger charge is -2.37. The SMILES string of the molecule is CC(C)C(C(=O)NC(CC(=O)OCc1ccccc1)C(=O)N1CCCCC1)N(C)C(=O)C(Cc1ccccc1)N(C)C(=O)OC(C)(C)C. The van der Waals surface area contributed by atoms with Crippen molar-refractivity contribution in [1.82, 2.24) is 20.0 Å². The molecule has 48 heavy (non-hydrogen) atoms. The van der Waals surface area contributed by atoms with Gasteiger partial charge in [-0.2, -0.15) is 0 Å². The van der Waals surface area contributed by atoms with Gasteiger partial charge in [-0.05, 0) is 57.1 Å². The first-order chi connectivity index (χ1) is 22.7. The summed E-state index contributed by atoms with van der Waals surface area (Å²) in [4.78, 5) is 72.3. The molecule has 11 nitrogen and oxygen atoms in total. The molecular formula is C37H52N4O7. The first-order valence-corrected chi connectivity index (χ1v) is 16.7. The van der Waals surface area contributed by atoms with Crippen molar-refractivity contribution in [3.63, 3.8) is 0 Å². The Bertz CT molecular complexity index is 1370. The van der Waals surface area contributed by atoms with Crippen LogP contribution >= 0.6 is 0 Å². The van der Waals surface area contributed by atoms with Crippen LogP contribution in [0.15, 0.2) is 60.7 Å². The average Bonchev–Trinajstić information content (AvgIpc) is 3.05. The zero-order valence-electron chi connectivity index (χ0n) is 29.4. The number of likely N-dealkylation sites (tertiary alicyclic amines) is 1. The summed E-state index contributed by atoms with van der Waals surface area (Å²) >= 11 is 0. The second-order valence-corrected chi connectivity index (χ2v) is 13.7. The standard InChI is InChI=1S/C37H52N4O7/c1-26(2)32(40(7)35(45)30(23-27-17-11-8-12-18-27)39(6)36(46)48-37(3,4)5)33(43)38-29(34(44)41-21-15-10-16-22-41)24-31(42)47-25-28-19-13-9-14-20-28/h8-9,11-14,17-20,26,29-30,32H,10,15-16,21-25H2,1-7H3,(H,38,43). The molecule has 0 saturated carbocycles. The number of esters is 1. The zero-order valence-corrected chi connectivity index (χ0v) is 29.4. The van der Waals surface area contributed by atoms with Crippen LogP contribution in [0.5, 0.6) is 0 Å². The fourth-order valence-corrected chi connectivity index (χ4v) is 5.74. The van der Waals surface area contributed by atoms with Crippen LogP contribution in [0.1, 0.15) is 71.4 Å². The van der Waals surface area contributed by atoms with Crippen LogP contribution in [-0.2, 0) is 41.7 Å². The minimum absolute atomic E-state index is 0.0398. The van der Waals surface area contributed by atoms with E-state index in [0.717, 1.165) is 30.4 Å². The number of nitrogens with zero attached hydrogens (tertiary/aromatic N) is 3. The molecule has 1 N–H and O–H groups in total. The fraction of sp³-hybridized carbons (Fsp3) is 0.541. The molecule has 0 aromatic heterocycles. The van der Waals surface area contributed by atoms with Crippen LogP contribution in [-0.4, -0.2) is 95.4 Å². The van der Waals surface area contributed by atoms with Gasteiger partial charge in [0.05, 0.1) is 6.42 Å². The molecule has 0 spiro atoms. The number of hydrogen-bond acceptors (Lipinski definition) is 7. The molecule has 1 heterocycles. The number of piperidine rings is 1. The van der Waals surface area contributed by atoms with Crippen LogP contribution in [0.4, 0.5) is 4.79 Å². The third kappa shape index (κ3) is 11.4. The van der Waals surface area contributed by atoms with E-state index in [0.29, 0.717) is 13.1 Å². The first kappa shape index (κ1) is 38.0. The summed E-state index contributed by atoms with van der Waals surface area (Å²) in [5.41, 5.74) is 0.845. The van der Waals surface area contributed by atoms with Crippen LogP contribution in [0, 0.1) is 5.92 Å². The lowest BCUT2D eigenvalue weighted by atomic mass is 9.98. The molecule has 2 aromatic rings. The van der Waals surface area contributed by atoms with E-state index in [-0.39, 0.29) is 31.3 Å². The number of ether oxygens (including phenoxy) is 2. The third-order valence-electron chi connectivity index (χ3n) is 8.27. The molecule has 0 aliphatic carbocycles. The highest BCUT2D eigenvalue weighted by atomic mass is 16.6. The summed E-state index contributed by atoms with van der Waals surface area (Å²) < 4.78 is 11.0. The normalized spacial score (nSPS) is 15.1. The van der Waals surface area contributed by atoms with E-state index in [2.05, 4.69) is 5.32 Å². The molecule has 1 fully saturated rings. The Labute approximate surface area is 284 Å². The molecule has 4 amide bonds. The van der Waals surface area contributed by atoms with Gasteiger partial charge in [0, 0.05) is 33.6 Å². The molecule has 2 aromatic carbocycles. The number of nitrogens with one attached hydrogen (secondary N) is 1. The van der Waals surface area contributed by atoms with Gasteiger partial charge in [-0.3, -0.25) is 24.1 Å². The van der Waals surface area contributed by atoms with Crippen molar-refractivity contribution in [1.29, 1.82) is 0 Å². The number of likely N-dealkylation sites (N-methyl/N-ethyl adjacent to an activating group) is 2. The monoisotopic (exact) mass is 664 g/mol. The fourth-order valence-electron chi connectivity index (χ4n) is 5.74. The Balaban J connectivity index is 1.84. The number of carbonyl (C=O) groups excluding carboxylic acids is 5. The summed E-state index contributed by atoms with van der Waals surface area (Å²) in [5, 5.41) is 2.80. The van der Waals surface area contributed by atoms with E-state index in [4.69, 9.17) is 9.47 Å². The molecule has 0 radical (unpaired) electrons. The van der Waals surface area contributed by atoms with Crippen molar-refractivity contribution in [3.05, 3.63) is 71.8 Å². The van der Waals surface area contributed by atoms with Crippen molar-refractivity contribution in [3.8, 4) is 0 Å². The van der Waals surface area contributed by atoms with Gasteiger partial charge < -0.3 is 24.6 Å². The molecule has 1 aliphatic heterocycles. The van der Waals surface area contributed by atoms with Gasteiger partial charge in [0.1, 0.15) is 30.3 Å². The molecule has 1 saturated heterocycles. The summed E-state index contributed by atoms with van der Waals surface area (Å²) in [6, 6.07) is 15.3. The van der Waals surface area contributed by atoms with Gasteiger partial charge in [-0.1, -0.05) is 74.5 Å². The highest BCUT2D eigenvalue weighted by Gasteiger charge is 2.39. The molecule has 1 aliphatic rings. The molecule has 3 atom stereocenters. The maximum atomic E-state index is 14.2. The highest BCUT2D eigenvalue weighted by Crippen LogP contribution is 2.20. The Morgan fingerprint density at radius 3 is 1.94 bits per heavy atom. The van der Waals surface area contributed by atoms with Crippen molar-refractivity contribution < 1.29 is 33.4 Å². The zero-order chi connectivity index (χ0) is 35.4. The molecule has 0 bridgehead atoms. The molecule has 262 valence electrons. The van der Waals surface area contributed by atoms with Crippen molar-refractivity contribution in [2.45, 2.75) is 97.1 Å². The molecular weight excluding hydrogens is 612 g/mol. The van der Waals surface area contributed by atoms with Crippen molar-refractivity contribution in [2.24, 2.45) is 5.92 Å². The van der Waals surface area contributed by atoms with Crippen LogP contribution < -0.4 is 5.32 Å². The minimum Gasteiger partial charge on any atom is -0.461 e. The van der Waals surface area contributed by atoms with E-state index < -0.39 is 47.6 Å². The Hall–Kier alpha value is -4.41. The smallest absolute Gasteiger partial charge is 0.410 e. The van der Waals surface area contributed by atoms with Gasteiger partial charge in [0.25, 0.3) is 0 Å². The largest absolute Gasteiger partial charge is 0.461 e.